The van der Waals surface area contributed by atoms with Gasteiger partial charge in [0.05, 0.1) is 19.8 Å². The molecule has 3 rings (SSSR count). The van der Waals surface area contributed by atoms with Gasteiger partial charge in [-0.25, -0.2) is 0 Å². The molecule has 1 aliphatic heterocycles. The zero-order valence-corrected chi connectivity index (χ0v) is 20.2. The summed E-state index contributed by atoms with van der Waals surface area (Å²) in [5.74, 6) is 0.918. The van der Waals surface area contributed by atoms with Crippen LogP contribution in [0.5, 0.6) is 0 Å². The van der Waals surface area contributed by atoms with Crippen molar-refractivity contribution in [3.05, 3.63) is 35.4 Å². The van der Waals surface area contributed by atoms with Crippen LogP contribution in [0.15, 0.2) is 29.3 Å². The molecule has 2 fully saturated rings. The van der Waals surface area contributed by atoms with Gasteiger partial charge in [0.25, 0.3) is 5.91 Å². The Hall–Kier alpha value is -2.12. The maximum Gasteiger partial charge on any atom is 0.253 e. The first-order valence-corrected chi connectivity index (χ1v) is 12.2. The number of rotatable bonds is 8. The number of amides is 1. The van der Waals surface area contributed by atoms with E-state index in [9.17, 15) is 4.79 Å². The normalized spacial score (nSPS) is 19.4. The molecule has 1 saturated heterocycles. The van der Waals surface area contributed by atoms with Gasteiger partial charge >= 0.3 is 0 Å². The lowest BCUT2D eigenvalue weighted by molar-refractivity contribution is -0.0333. The molecule has 1 saturated carbocycles. The minimum absolute atomic E-state index is 0.0376. The number of guanidine groups is 1. The molecule has 1 aliphatic carbocycles. The zero-order chi connectivity index (χ0) is 22.8. The predicted molar refractivity (Wildman–Crippen MR) is 130 cm³/mol. The highest BCUT2D eigenvalue weighted by molar-refractivity contribution is 5.94. The van der Waals surface area contributed by atoms with Crippen LogP contribution in [0.3, 0.4) is 0 Å². The predicted octanol–water partition coefficient (Wildman–Crippen LogP) is 2.52. The molecule has 0 spiro atoms. The van der Waals surface area contributed by atoms with Crippen molar-refractivity contribution in [1.82, 2.24) is 20.4 Å². The van der Waals surface area contributed by atoms with Crippen molar-refractivity contribution in [2.45, 2.75) is 51.0 Å². The molecule has 7 nitrogen and oxygen atoms in total. The van der Waals surface area contributed by atoms with E-state index < -0.39 is 0 Å². The number of nitrogens with zero attached hydrogens (tertiary/aromatic N) is 3. The highest BCUT2D eigenvalue weighted by Gasteiger charge is 2.38. The summed E-state index contributed by atoms with van der Waals surface area (Å²) in [7, 11) is 3.57. The van der Waals surface area contributed by atoms with E-state index in [1.165, 1.54) is 32.1 Å². The van der Waals surface area contributed by atoms with E-state index in [4.69, 9.17) is 9.73 Å². The Bertz CT molecular complexity index is 752. The third-order valence-electron chi connectivity index (χ3n) is 6.63. The molecule has 0 bridgehead atoms. The van der Waals surface area contributed by atoms with Crippen molar-refractivity contribution in [2.75, 3.05) is 60.0 Å². The van der Waals surface area contributed by atoms with Crippen LogP contribution >= 0.6 is 0 Å². The number of carbonyl (C=O) groups excluding carboxylic acids is 1. The molecular weight excluding hydrogens is 402 g/mol. The van der Waals surface area contributed by atoms with E-state index in [2.05, 4.69) is 28.5 Å². The number of hydrogen-bond donors (Lipinski definition) is 2. The average Bonchev–Trinajstić information content (AvgIpc) is 2.83. The molecule has 2 aliphatic rings. The fraction of sp³-hybridized carbons (Fsp3) is 0.680. The van der Waals surface area contributed by atoms with E-state index in [0.29, 0.717) is 0 Å². The Morgan fingerprint density at radius 3 is 2.59 bits per heavy atom. The number of benzene rings is 1. The third kappa shape index (κ3) is 6.69. The Labute approximate surface area is 193 Å². The largest absolute Gasteiger partial charge is 0.379 e. The molecule has 2 N–H and O–H groups in total. The number of morpholine rings is 1. The third-order valence-corrected chi connectivity index (χ3v) is 6.63. The zero-order valence-electron chi connectivity index (χ0n) is 20.2. The Balaban J connectivity index is 1.60. The summed E-state index contributed by atoms with van der Waals surface area (Å²) in [6.07, 6.45) is 7.21. The number of ether oxygens (including phenoxy) is 1. The lowest BCUT2D eigenvalue weighted by Crippen LogP contribution is -2.56. The summed E-state index contributed by atoms with van der Waals surface area (Å²) in [5.41, 5.74) is 2.06. The van der Waals surface area contributed by atoms with Crippen LogP contribution in [0.25, 0.3) is 0 Å². The summed E-state index contributed by atoms with van der Waals surface area (Å²) in [5, 5.41) is 6.91. The Morgan fingerprint density at radius 2 is 1.91 bits per heavy atom. The van der Waals surface area contributed by atoms with E-state index in [0.717, 1.165) is 69.4 Å². The topological polar surface area (TPSA) is 69.2 Å². The monoisotopic (exact) mass is 443 g/mol. The van der Waals surface area contributed by atoms with Crippen LogP contribution in [0.2, 0.25) is 0 Å². The number of aliphatic imine (C=N–C) groups is 1. The van der Waals surface area contributed by atoms with Gasteiger partial charge in [0, 0.05) is 51.4 Å². The second kappa shape index (κ2) is 12.2. The highest BCUT2D eigenvalue weighted by atomic mass is 16.5. The minimum atomic E-state index is 0.0376. The van der Waals surface area contributed by atoms with Crippen LogP contribution < -0.4 is 10.6 Å². The van der Waals surface area contributed by atoms with Crippen molar-refractivity contribution >= 4 is 11.9 Å². The molecule has 7 heteroatoms. The van der Waals surface area contributed by atoms with Crippen molar-refractivity contribution < 1.29 is 9.53 Å². The van der Waals surface area contributed by atoms with Gasteiger partial charge in [-0.1, -0.05) is 31.4 Å². The lowest BCUT2D eigenvalue weighted by Gasteiger charge is -2.47. The molecule has 1 aromatic rings. The standard InChI is InChI=1S/C25H41N5O2/c1-4-26-24(27-14-11-21-9-8-10-22(19-21)23(31)29(2)3)28-20-25(12-6-5-7-13-25)30-15-17-32-18-16-30/h8-10,19H,4-7,11-18,20H2,1-3H3,(H2,26,27,28). The minimum Gasteiger partial charge on any atom is -0.379 e. The molecule has 178 valence electrons. The molecule has 1 amide bonds. The number of hydrogen-bond acceptors (Lipinski definition) is 4. The van der Waals surface area contributed by atoms with Gasteiger partial charge in [0.1, 0.15) is 0 Å². The van der Waals surface area contributed by atoms with Crippen LogP contribution in [0.1, 0.15) is 54.9 Å². The lowest BCUT2D eigenvalue weighted by atomic mass is 9.80. The quantitative estimate of drug-likeness (QED) is 0.477. The van der Waals surface area contributed by atoms with Gasteiger partial charge in [-0.3, -0.25) is 14.7 Å². The summed E-state index contributed by atoms with van der Waals surface area (Å²) in [4.78, 5) is 21.5. The van der Waals surface area contributed by atoms with Crippen molar-refractivity contribution in [2.24, 2.45) is 4.99 Å². The van der Waals surface area contributed by atoms with Gasteiger partial charge in [-0.05, 0) is 43.9 Å². The molecule has 0 radical (unpaired) electrons. The summed E-state index contributed by atoms with van der Waals surface area (Å²) < 4.78 is 5.61. The van der Waals surface area contributed by atoms with Crippen LogP contribution in [-0.2, 0) is 11.2 Å². The smallest absolute Gasteiger partial charge is 0.253 e. The second-order valence-electron chi connectivity index (χ2n) is 9.16. The summed E-state index contributed by atoms with van der Waals surface area (Å²) in [6.45, 7) is 8.24. The molecule has 32 heavy (non-hydrogen) atoms. The van der Waals surface area contributed by atoms with Gasteiger partial charge < -0.3 is 20.3 Å². The number of nitrogens with one attached hydrogen (secondary N) is 2. The highest BCUT2D eigenvalue weighted by Crippen LogP contribution is 2.34. The van der Waals surface area contributed by atoms with Crippen LogP contribution in [0.4, 0.5) is 0 Å². The van der Waals surface area contributed by atoms with E-state index in [1.54, 1.807) is 19.0 Å². The molecule has 1 aromatic carbocycles. The average molecular weight is 444 g/mol. The molecule has 0 unspecified atom stereocenters. The maximum atomic E-state index is 12.2. The summed E-state index contributed by atoms with van der Waals surface area (Å²) >= 11 is 0. The van der Waals surface area contributed by atoms with Crippen LogP contribution in [0, 0.1) is 0 Å². The van der Waals surface area contributed by atoms with Gasteiger partial charge in [-0.15, -0.1) is 0 Å². The van der Waals surface area contributed by atoms with E-state index >= 15 is 0 Å². The first-order chi connectivity index (χ1) is 15.5. The first-order valence-electron chi connectivity index (χ1n) is 12.2. The molecular formula is C25H41N5O2. The Kier molecular flexibility index (Phi) is 9.36. The second-order valence-corrected chi connectivity index (χ2v) is 9.16. The van der Waals surface area contributed by atoms with Gasteiger partial charge in [0.2, 0.25) is 0 Å². The van der Waals surface area contributed by atoms with Crippen molar-refractivity contribution in [3.63, 3.8) is 0 Å². The van der Waals surface area contributed by atoms with E-state index in [1.807, 2.05) is 18.2 Å². The fourth-order valence-corrected chi connectivity index (χ4v) is 4.83. The first kappa shape index (κ1) is 24.5. The maximum absolute atomic E-state index is 12.2. The van der Waals surface area contributed by atoms with Crippen LogP contribution in [-0.4, -0.2) is 87.2 Å². The van der Waals surface area contributed by atoms with Crippen molar-refractivity contribution in [1.29, 1.82) is 0 Å². The van der Waals surface area contributed by atoms with Gasteiger partial charge in [0.15, 0.2) is 5.96 Å². The van der Waals surface area contributed by atoms with Gasteiger partial charge in [-0.2, -0.15) is 0 Å². The number of carbonyl (C=O) groups is 1. The fourth-order valence-electron chi connectivity index (χ4n) is 4.83. The molecule has 1 heterocycles. The van der Waals surface area contributed by atoms with E-state index in [-0.39, 0.29) is 11.4 Å². The summed E-state index contributed by atoms with van der Waals surface area (Å²) in [6, 6.07) is 7.90. The molecule has 0 atom stereocenters. The SMILES string of the molecule is CCNC(=NCC1(N2CCOCC2)CCCCC1)NCCc1cccc(C(=O)N(C)C)c1. The molecule has 0 aromatic heterocycles. The van der Waals surface area contributed by atoms with Crippen molar-refractivity contribution in [3.8, 4) is 0 Å². The Morgan fingerprint density at radius 1 is 1.16 bits per heavy atom.